The van der Waals surface area contributed by atoms with Gasteiger partial charge in [0.25, 0.3) is 10.0 Å². The van der Waals surface area contributed by atoms with Gasteiger partial charge >= 0.3 is 0 Å². The van der Waals surface area contributed by atoms with Crippen LogP contribution in [0.2, 0.25) is 5.02 Å². The van der Waals surface area contributed by atoms with Crippen LogP contribution in [0.4, 0.5) is 11.4 Å². The number of anilines is 2. The van der Waals surface area contributed by atoms with Crippen LogP contribution in [0.15, 0.2) is 65.2 Å². The number of imidazole rings is 1. The summed E-state index contributed by atoms with van der Waals surface area (Å²) in [5.41, 5.74) is 8.19. The van der Waals surface area contributed by atoms with Gasteiger partial charge in [0, 0.05) is 12.4 Å². The highest BCUT2D eigenvalue weighted by Crippen LogP contribution is 2.32. The standard InChI is InChI=1S/C17H16ClN7O3S/c1-28-17-5-3-13(9-16(17)25(10-19)23-20)29(26,27)22-12-2-4-15(14(18)8-12)24-7-6-21-11-24/h2-11,19-20,22H,1H3. The topological polar surface area (TPSA) is 137 Å². The number of hydrogen-bond donors (Lipinski definition) is 3. The summed E-state index contributed by atoms with van der Waals surface area (Å²) in [6.07, 6.45) is 5.67. The Hall–Kier alpha value is -3.44. The molecule has 1 heterocycles. The Kier molecular flexibility index (Phi) is 5.80. The molecule has 29 heavy (non-hydrogen) atoms. The maximum atomic E-state index is 12.8. The van der Waals surface area contributed by atoms with E-state index in [9.17, 15) is 8.42 Å². The van der Waals surface area contributed by atoms with Gasteiger partial charge in [-0.2, -0.15) is 5.53 Å². The average Bonchev–Trinajstić information content (AvgIpc) is 3.23. The van der Waals surface area contributed by atoms with Crippen LogP contribution < -0.4 is 14.5 Å². The molecular formula is C17H16ClN7O3S. The molecule has 10 nitrogen and oxygen atoms in total. The summed E-state index contributed by atoms with van der Waals surface area (Å²) in [5.74, 6) is 0.260. The molecule has 0 bridgehead atoms. The van der Waals surface area contributed by atoms with Gasteiger partial charge < -0.3 is 9.30 Å². The Labute approximate surface area is 171 Å². The first-order valence-electron chi connectivity index (χ1n) is 8.05. The highest BCUT2D eigenvalue weighted by molar-refractivity contribution is 7.92. The third-order valence-electron chi connectivity index (χ3n) is 3.92. The van der Waals surface area contributed by atoms with E-state index in [0.717, 1.165) is 11.3 Å². The van der Waals surface area contributed by atoms with Crippen molar-refractivity contribution in [2.75, 3.05) is 16.8 Å². The van der Waals surface area contributed by atoms with Crippen LogP contribution in [0.5, 0.6) is 5.75 Å². The fourth-order valence-corrected chi connectivity index (χ4v) is 3.91. The molecule has 0 radical (unpaired) electrons. The molecule has 0 fully saturated rings. The summed E-state index contributed by atoms with van der Waals surface area (Å²) in [5, 5.41) is 11.7. The lowest BCUT2D eigenvalue weighted by Gasteiger charge is -2.16. The van der Waals surface area contributed by atoms with Gasteiger partial charge in [-0.1, -0.05) is 16.8 Å². The molecule has 3 rings (SSSR count). The number of aromatic nitrogens is 2. The number of sulfonamides is 1. The number of ether oxygens (including phenoxy) is 1. The van der Waals surface area contributed by atoms with E-state index in [4.69, 9.17) is 27.3 Å². The molecule has 1 aromatic heterocycles. The van der Waals surface area contributed by atoms with E-state index in [1.54, 1.807) is 35.4 Å². The molecule has 0 saturated heterocycles. The zero-order chi connectivity index (χ0) is 21.0. The van der Waals surface area contributed by atoms with E-state index in [2.05, 4.69) is 14.9 Å². The Morgan fingerprint density at radius 2 is 2.10 bits per heavy atom. The van der Waals surface area contributed by atoms with Gasteiger partial charge in [0.1, 0.15) is 17.8 Å². The van der Waals surface area contributed by atoms with Crippen LogP contribution in [0.3, 0.4) is 0 Å². The Morgan fingerprint density at radius 3 is 2.69 bits per heavy atom. The molecule has 3 aromatic rings. The number of rotatable bonds is 8. The molecule has 0 unspecified atom stereocenters. The van der Waals surface area contributed by atoms with Gasteiger partial charge in [0.05, 0.1) is 34.7 Å². The number of hydrogen-bond acceptors (Lipinski definition) is 7. The van der Waals surface area contributed by atoms with Crippen molar-refractivity contribution in [3.05, 3.63) is 60.1 Å². The van der Waals surface area contributed by atoms with Crippen molar-refractivity contribution in [1.29, 1.82) is 10.9 Å². The minimum atomic E-state index is -3.98. The van der Waals surface area contributed by atoms with E-state index >= 15 is 0 Å². The van der Waals surface area contributed by atoms with Crippen molar-refractivity contribution in [2.24, 2.45) is 5.22 Å². The molecule has 2 aromatic carbocycles. The normalized spacial score (nSPS) is 11.0. The molecule has 12 heteroatoms. The molecule has 150 valence electrons. The maximum absolute atomic E-state index is 12.8. The number of halogens is 1. The maximum Gasteiger partial charge on any atom is 0.261 e. The van der Waals surface area contributed by atoms with E-state index in [-0.39, 0.29) is 22.0 Å². The summed E-state index contributed by atoms with van der Waals surface area (Å²) in [7, 11) is -2.59. The second-order valence-electron chi connectivity index (χ2n) is 5.65. The second-order valence-corrected chi connectivity index (χ2v) is 7.74. The zero-order valence-corrected chi connectivity index (χ0v) is 16.6. The average molecular weight is 434 g/mol. The van der Waals surface area contributed by atoms with E-state index in [1.165, 1.54) is 31.4 Å². The largest absolute Gasteiger partial charge is 0.494 e. The molecule has 0 spiro atoms. The SMILES string of the molecule is COc1ccc(S(=O)(=O)Nc2ccc(-n3ccnc3)c(Cl)c2)cc1N(C=N)N=N. The zero-order valence-electron chi connectivity index (χ0n) is 15.1. The van der Waals surface area contributed by atoms with Gasteiger partial charge in [-0.25, -0.2) is 18.4 Å². The van der Waals surface area contributed by atoms with Gasteiger partial charge in [0.15, 0.2) is 0 Å². The first kappa shape index (κ1) is 20.3. The highest BCUT2D eigenvalue weighted by atomic mass is 35.5. The second kappa shape index (κ2) is 8.29. The third-order valence-corrected chi connectivity index (χ3v) is 5.60. The third kappa shape index (κ3) is 4.20. The Balaban J connectivity index is 1.94. The van der Waals surface area contributed by atoms with E-state index in [1.807, 2.05) is 0 Å². The first-order chi connectivity index (χ1) is 13.9. The number of benzene rings is 2. The molecule has 0 aliphatic heterocycles. The number of methoxy groups -OCH3 is 1. The summed E-state index contributed by atoms with van der Waals surface area (Å²) in [6.45, 7) is 0. The van der Waals surface area contributed by atoms with Crippen molar-refractivity contribution >= 4 is 39.3 Å². The van der Waals surface area contributed by atoms with Crippen molar-refractivity contribution in [3.8, 4) is 11.4 Å². The summed E-state index contributed by atoms with van der Waals surface area (Å²) in [4.78, 5) is 3.85. The van der Waals surface area contributed by atoms with Crippen LogP contribution >= 0.6 is 11.6 Å². The Morgan fingerprint density at radius 1 is 1.31 bits per heavy atom. The first-order valence-corrected chi connectivity index (χ1v) is 9.91. The lowest BCUT2D eigenvalue weighted by molar-refractivity contribution is 0.415. The summed E-state index contributed by atoms with van der Waals surface area (Å²) < 4.78 is 34.9. The van der Waals surface area contributed by atoms with Crippen LogP contribution in [0.25, 0.3) is 5.69 Å². The molecule has 0 aliphatic rings. The summed E-state index contributed by atoms with van der Waals surface area (Å²) >= 11 is 6.27. The monoisotopic (exact) mass is 433 g/mol. The van der Waals surface area contributed by atoms with E-state index < -0.39 is 10.0 Å². The number of nitrogens with one attached hydrogen (secondary N) is 3. The van der Waals surface area contributed by atoms with Crippen LogP contribution in [0.1, 0.15) is 0 Å². The van der Waals surface area contributed by atoms with Crippen molar-refractivity contribution in [3.63, 3.8) is 0 Å². The minimum Gasteiger partial charge on any atom is -0.494 e. The van der Waals surface area contributed by atoms with Crippen LogP contribution in [-0.4, -0.2) is 31.4 Å². The lowest BCUT2D eigenvalue weighted by Crippen LogP contribution is -2.16. The summed E-state index contributed by atoms with van der Waals surface area (Å²) in [6, 6.07) is 8.75. The van der Waals surface area contributed by atoms with Gasteiger partial charge in [-0.3, -0.25) is 10.1 Å². The minimum absolute atomic E-state index is 0.0985. The molecule has 0 aliphatic carbocycles. The smallest absolute Gasteiger partial charge is 0.261 e. The van der Waals surface area contributed by atoms with Gasteiger partial charge in [0.2, 0.25) is 0 Å². The number of nitrogens with zero attached hydrogens (tertiary/aromatic N) is 4. The predicted octanol–water partition coefficient (Wildman–Crippen LogP) is 3.69. The van der Waals surface area contributed by atoms with Crippen molar-refractivity contribution in [2.45, 2.75) is 4.90 Å². The Bertz CT molecular complexity index is 1140. The van der Waals surface area contributed by atoms with Crippen molar-refractivity contribution < 1.29 is 13.2 Å². The van der Waals surface area contributed by atoms with Crippen LogP contribution in [-0.2, 0) is 10.0 Å². The lowest BCUT2D eigenvalue weighted by atomic mass is 10.3. The quantitative estimate of drug-likeness (QED) is 0.215. The fourth-order valence-electron chi connectivity index (χ4n) is 2.56. The van der Waals surface area contributed by atoms with Gasteiger partial charge in [-0.15, -0.1) is 0 Å². The molecule has 3 N–H and O–H groups in total. The molecule has 0 atom stereocenters. The van der Waals surface area contributed by atoms with Crippen LogP contribution in [0, 0.1) is 10.9 Å². The van der Waals surface area contributed by atoms with Crippen molar-refractivity contribution in [1.82, 2.24) is 9.55 Å². The molecule has 0 saturated carbocycles. The predicted molar refractivity (Wildman–Crippen MR) is 109 cm³/mol. The highest BCUT2D eigenvalue weighted by Gasteiger charge is 2.20. The molecule has 0 amide bonds. The molecular weight excluding hydrogens is 418 g/mol. The van der Waals surface area contributed by atoms with E-state index in [0.29, 0.717) is 10.7 Å². The van der Waals surface area contributed by atoms with Gasteiger partial charge in [-0.05, 0) is 36.4 Å². The fraction of sp³-hybridized carbons (Fsp3) is 0.0588.